The lowest BCUT2D eigenvalue weighted by atomic mass is 9.82. The molecule has 0 unspecified atom stereocenters. The zero-order valence-electron chi connectivity index (χ0n) is 18.2. The molecule has 1 saturated heterocycles. The standard InChI is InChI=1S/C24H21N3O7/c28-18-14-24(34-19-7-2-1-4-15(18)19)9-12-25(13-10-24)20(29)8-11-26-22(30)16-5-3-6-17(27(32)33)21(16)23(26)31/h1-7H,8-14H2. The number of amides is 3. The van der Waals surface area contributed by atoms with Crippen molar-refractivity contribution in [2.24, 2.45) is 0 Å². The fourth-order valence-electron chi connectivity index (χ4n) is 4.92. The van der Waals surface area contributed by atoms with Gasteiger partial charge in [0.25, 0.3) is 17.5 Å². The van der Waals surface area contributed by atoms with E-state index in [1.807, 2.05) is 6.07 Å². The minimum atomic E-state index is -0.759. The van der Waals surface area contributed by atoms with Gasteiger partial charge in [-0.2, -0.15) is 0 Å². The predicted octanol–water partition coefficient (Wildman–Crippen LogP) is 2.61. The lowest BCUT2D eigenvalue weighted by molar-refractivity contribution is -0.385. The summed E-state index contributed by atoms with van der Waals surface area (Å²) in [4.78, 5) is 63.8. The van der Waals surface area contributed by atoms with E-state index in [9.17, 15) is 29.3 Å². The van der Waals surface area contributed by atoms with Gasteiger partial charge in [-0.05, 0) is 18.2 Å². The number of imide groups is 1. The lowest BCUT2D eigenvalue weighted by Crippen LogP contribution is -2.52. The number of piperidine rings is 1. The van der Waals surface area contributed by atoms with Crippen LogP contribution in [0.1, 0.15) is 56.8 Å². The summed E-state index contributed by atoms with van der Waals surface area (Å²) in [5.74, 6) is -1.03. The molecule has 0 saturated carbocycles. The second kappa shape index (κ2) is 8.05. The maximum atomic E-state index is 12.8. The Bertz CT molecular complexity index is 1250. The van der Waals surface area contributed by atoms with Gasteiger partial charge in [0.15, 0.2) is 5.78 Å². The molecule has 3 aliphatic rings. The van der Waals surface area contributed by atoms with Crippen LogP contribution < -0.4 is 4.74 Å². The molecule has 10 heteroatoms. The van der Waals surface area contributed by atoms with Gasteiger partial charge in [0, 0.05) is 45.0 Å². The average Bonchev–Trinajstić information content (AvgIpc) is 3.07. The molecule has 2 aromatic rings. The van der Waals surface area contributed by atoms with Crippen LogP contribution in [0.4, 0.5) is 5.69 Å². The molecule has 0 aliphatic carbocycles. The summed E-state index contributed by atoms with van der Waals surface area (Å²) in [6.07, 6.45) is 1.17. The molecule has 0 N–H and O–H groups in total. The Balaban J connectivity index is 1.21. The van der Waals surface area contributed by atoms with Crippen LogP contribution in [0.2, 0.25) is 0 Å². The number of nitrogens with zero attached hydrogens (tertiary/aromatic N) is 3. The number of fused-ring (bicyclic) bond motifs is 2. The van der Waals surface area contributed by atoms with Crippen molar-refractivity contribution in [2.45, 2.75) is 31.3 Å². The van der Waals surface area contributed by atoms with Crippen molar-refractivity contribution in [3.05, 3.63) is 69.3 Å². The molecule has 0 bridgehead atoms. The number of Topliss-reactive ketones (excluding diaryl/α,β-unsaturated/α-hetero) is 1. The second-order valence-corrected chi connectivity index (χ2v) is 8.73. The number of carbonyl (C=O) groups excluding carboxylic acids is 4. The van der Waals surface area contributed by atoms with Gasteiger partial charge in [-0.1, -0.05) is 18.2 Å². The Labute approximate surface area is 194 Å². The highest BCUT2D eigenvalue weighted by molar-refractivity contribution is 6.23. The van der Waals surface area contributed by atoms with Crippen LogP contribution in [-0.4, -0.2) is 63.5 Å². The number of hydrogen-bond donors (Lipinski definition) is 0. The lowest BCUT2D eigenvalue weighted by Gasteiger charge is -2.44. The van der Waals surface area contributed by atoms with E-state index in [4.69, 9.17) is 4.74 Å². The summed E-state index contributed by atoms with van der Waals surface area (Å²) >= 11 is 0. The summed E-state index contributed by atoms with van der Waals surface area (Å²) in [6, 6.07) is 11.0. The van der Waals surface area contributed by atoms with E-state index in [1.165, 1.54) is 18.2 Å². The molecular weight excluding hydrogens is 442 g/mol. The van der Waals surface area contributed by atoms with E-state index in [-0.39, 0.29) is 42.2 Å². The number of nitro groups is 1. The quantitative estimate of drug-likeness (QED) is 0.387. The Morgan fingerprint density at radius 2 is 1.71 bits per heavy atom. The van der Waals surface area contributed by atoms with Crippen molar-refractivity contribution in [3.8, 4) is 5.75 Å². The Kier molecular flexibility index (Phi) is 5.15. The van der Waals surface area contributed by atoms with E-state index >= 15 is 0 Å². The molecule has 1 spiro atoms. The van der Waals surface area contributed by atoms with Crippen LogP contribution in [-0.2, 0) is 4.79 Å². The molecule has 0 radical (unpaired) electrons. The topological polar surface area (TPSA) is 127 Å². The smallest absolute Gasteiger partial charge is 0.282 e. The zero-order chi connectivity index (χ0) is 24.0. The molecule has 2 aromatic carbocycles. The van der Waals surface area contributed by atoms with E-state index in [2.05, 4.69) is 0 Å². The van der Waals surface area contributed by atoms with Crippen molar-refractivity contribution in [1.29, 1.82) is 0 Å². The number of benzene rings is 2. The summed E-state index contributed by atoms with van der Waals surface area (Å²) in [5.41, 5.74) is -0.735. The first-order valence-corrected chi connectivity index (χ1v) is 11.0. The summed E-state index contributed by atoms with van der Waals surface area (Å²) in [7, 11) is 0. The minimum absolute atomic E-state index is 0.0223. The van der Waals surface area contributed by atoms with Crippen LogP contribution in [0, 0.1) is 10.1 Å². The number of rotatable bonds is 4. The third-order valence-corrected chi connectivity index (χ3v) is 6.75. The predicted molar refractivity (Wildman–Crippen MR) is 118 cm³/mol. The number of nitro benzene ring substituents is 1. The van der Waals surface area contributed by atoms with Crippen molar-refractivity contribution in [3.63, 3.8) is 0 Å². The molecule has 174 valence electrons. The van der Waals surface area contributed by atoms with E-state index in [0.29, 0.717) is 37.2 Å². The maximum absolute atomic E-state index is 12.8. The molecule has 34 heavy (non-hydrogen) atoms. The molecule has 0 atom stereocenters. The fourth-order valence-corrected chi connectivity index (χ4v) is 4.92. The number of ether oxygens (including phenoxy) is 1. The van der Waals surface area contributed by atoms with Gasteiger partial charge in [-0.3, -0.25) is 34.2 Å². The normalized spacial score (nSPS) is 18.5. The molecule has 10 nitrogen and oxygen atoms in total. The molecule has 3 aliphatic heterocycles. The van der Waals surface area contributed by atoms with Gasteiger partial charge >= 0.3 is 0 Å². The number of likely N-dealkylation sites (tertiary alicyclic amines) is 1. The van der Waals surface area contributed by atoms with Crippen LogP contribution >= 0.6 is 0 Å². The van der Waals surface area contributed by atoms with Gasteiger partial charge < -0.3 is 9.64 Å². The SMILES string of the molecule is O=C1CC2(CCN(C(=O)CCN3C(=O)c4cccc([N+](=O)[O-])c4C3=O)CC2)Oc2ccccc21. The van der Waals surface area contributed by atoms with Gasteiger partial charge in [-0.15, -0.1) is 0 Å². The zero-order valence-corrected chi connectivity index (χ0v) is 18.2. The van der Waals surface area contributed by atoms with Crippen molar-refractivity contribution in [2.75, 3.05) is 19.6 Å². The Morgan fingerprint density at radius 3 is 2.44 bits per heavy atom. The van der Waals surface area contributed by atoms with Gasteiger partial charge in [-0.25, -0.2) is 0 Å². The number of carbonyl (C=O) groups is 4. The first kappa shape index (κ1) is 21.7. The highest BCUT2D eigenvalue weighted by Gasteiger charge is 2.44. The number of hydrogen-bond acceptors (Lipinski definition) is 7. The highest BCUT2D eigenvalue weighted by Crippen LogP contribution is 2.39. The molecule has 3 amide bonds. The molecule has 5 rings (SSSR count). The van der Waals surface area contributed by atoms with Gasteiger partial charge in [0.2, 0.25) is 5.91 Å². The van der Waals surface area contributed by atoms with Crippen LogP contribution in [0.25, 0.3) is 0 Å². The molecule has 0 aromatic heterocycles. The van der Waals surface area contributed by atoms with E-state index in [0.717, 1.165) is 4.90 Å². The van der Waals surface area contributed by atoms with E-state index < -0.39 is 28.0 Å². The van der Waals surface area contributed by atoms with Gasteiger partial charge in [0.1, 0.15) is 16.9 Å². The largest absolute Gasteiger partial charge is 0.486 e. The Morgan fingerprint density at radius 1 is 1.00 bits per heavy atom. The van der Waals surface area contributed by atoms with Crippen molar-refractivity contribution < 1.29 is 28.8 Å². The molecular formula is C24H21N3O7. The van der Waals surface area contributed by atoms with Crippen LogP contribution in [0.15, 0.2) is 42.5 Å². The first-order valence-electron chi connectivity index (χ1n) is 11.0. The summed E-state index contributed by atoms with van der Waals surface area (Å²) in [5, 5.41) is 11.2. The average molecular weight is 463 g/mol. The third-order valence-electron chi connectivity index (χ3n) is 6.75. The maximum Gasteiger partial charge on any atom is 0.282 e. The van der Waals surface area contributed by atoms with Crippen LogP contribution in [0.5, 0.6) is 5.75 Å². The number of ketones is 1. The first-order chi connectivity index (χ1) is 16.3. The van der Waals surface area contributed by atoms with Crippen molar-refractivity contribution >= 4 is 29.2 Å². The highest BCUT2D eigenvalue weighted by atomic mass is 16.6. The Hall–Kier alpha value is -4.08. The van der Waals surface area contributed by atoms with Crippen molar-refractivity contribution in [1.82, 2.24) is 9.80 Å². The number of para-hydroxylation sites is 1. The summed E-state index contributed by atoms with van der Waals surface area (Å²) < 4.78 is 6.18. The molecule has 1 fully saturated rings. The second-order valence-electron chi connectivity index (χ2n) is 8.73. The monoisotopic (exact) mass is 463 g/mol. The van der Waals surface area contributed by atoms with Crippen LogP contribution in [0.3, 0.4) is 0 Å². The summed E-state index contributed by atoms with van der Waals surface area (Å²) in [6.45, 7) is 0.621. The van der Waals surface area contributed by atoms with E-state index in [1.54, 1.807) is 23.1 Å². The minimum Gasteiger partial charge on any atom is -0.486 e. The fraction of sp³-hybridized carbons (Fsp3) is 0.333. The molecule has 3 heterocycles. The van der Waals surface area contributed by atoms with Gasteiger partial charge in [0.05, 0.1) is 22.5 Å². The third kappa shape index (κ3) is 3.51.